The molecule has 1 N–H and O–H groups in total. The van der Waals surface area contributed by atoms with E-state index < -0.39 is 0 Å². The number of benzene rings is 1. The largest absolute Gasteiger partial charge is 0.338 e. The second-order valence-electron chi connectivity index (χ2n) is 4.90. The van der Waals surface area contributed by atoms with Gasteiger partial charge < -0.3 is 10.2 Å². The Morgan fingerprint density at radius 2 is 1.94 bits per heavy atom. The highest BCUT2D eigenvalue weighted by Gasteiger charge is 2.38. The Bertz CT molecular complexity index is 440. The van der Waals surface area contributed by atoms with Gasteiger partial charge in [0.25, 0.3) is 5.91 Å². The summed E-state index contributed by atoms with van der Waals surface area (Å²) >= 11 is 5.91. The molecule has 0 spiro atoms. The molecule has 1 aromatic rings. The molecule has 1 aromatic carbocycles. The second-order valence-corrected chi connectivity index (χ2v) is 5.34. The van der Waals surface area contributed by atoms with E-state index in [1.54, 1.807) is 12.1 Å². The Labute approximate surface area is 118 Å². The van der Waals surface area contributed by atoms with Crippen molar-refractivity contribution in [3.05, 3.63) is 34.9 Å². The minimum atomic E-state index is 0. The molecule has 5 heteroatoms. The van der Waals surface area contributed by atoms with Crippen LogP contribution in [0.1, 0.15) is 10.4 Å². The molecule has 0 aromatic heterocycles. The van der Waals surface area contributed by atoms with Crippen LogP contribution in [0.3, 0.4) is 0 Å². The minimum Gasteiger partial charge on any atom is -0.338 e. The quantitative estimate of drug-likeness (QED) is 0.857. The normalized spacial score (nSPS) is 25.7. The first kappa shape index (κ1) is 13.7. The van der Waals surface area contributed by atoms with Crippen molar-refractivity contribution >= 4 is 29.9 Å². The molecule has 2 heterocycles. The van der Waals surface area contributed by atoms with Crippen molar-refractivity contribution < 1.29 is 4.79 Å². The number of nitrogens with one attached hydrogen (secondary N) is 1. The lowest BCUT2D eigenvalue weighted by atomic mass is 10.0. The van der Waals surface area contributed by atoms with Crippen LogP contribution < -0.4 is 5.32 Å². The molecule has 18 heavy (non-hydrogen) atoms. The molecule has 2 aliphatic heterocycles. The Kier molecular flexibility index (Phi) is 4.15. The van der Waals surface area contributed by atoms with Gasteiger partial charge in [-0.3, -0.25) is 4.79 Å². The SMILES string of the molecule is Cl.O=C(c1cccc(Cl)c1)N1C[C@H]2CNC[C@H]2C1. The third-order valence-corrected chi connectivity index (χ3v) is 3.98. The van der Waals surface area contributed by atoms with E-state index in [1.165, 1.54) is 0 Å². The molecule has 3 rings (SSSR count). The van der Waals surface area contributed by atoms with Crippen LogP contribution in [-0.4, -0.2) is 37.0 Å². The number of halogens is 2. The average Bonchev–Trinajstić information content (AvgIpc) is 2.88. The summed E-state index contributed by atoms with van der Waals surface area (Å²) in [6.45, 7) is 3.85. The molecule has 98 valence electrons. The lowest BCUT2D eigenvalue weighted by Crippen LogP contribution is -2.31. The Morgan fingerprint density at radius 3 is 2.56 bits per heavy atom. The first-order valence-electron chi connectivity index (χ1n) is 5.99. The van der Waals surface area contributed by atoms with Crippen LogP contribution in [0, 0.1) is 11.8 Å². The van der Waals surface area contributed by atoms with Crippen LogP contribution in [0.5, 0.6) is 0 Å². The van der Waals surface area contributed by atoms with Crippen molar-refractivity contribution in [1.29, 1.82) is 0 Å². The van der Waals surface area contributed by atoms with E-state index in [9.17, 15) is 4.79 Å². The highest BCUT2D eigenvalue weighted by Crippen LogP contribution is 2.27. The van der Waals surface area contributed by atoms with E-state index in [-0.39, 0.29) is 18.3 Å². The van der Waals surface area contributed by atoms with Gasteiger partial charge >= 0.3 is 0 Å². The third kappa shape index (κ3) is 2.48. The number of fused-ring (bicyclic) bond motifs is 1. The fourth-order valence-electron chi connectivity index (χ4n) is 2.83. The van der Waals surface area contributed by atoms with Gasteiger partial charge in [-0.2, -0.15) is 0 Å². The number of carbonyl (C=O) groups is 1. The summed E-state index contributed by atoms with van der Waals surface area (Å²) in [6, 6.07) is 7.20. The van der Waals surface area contributed by atoms with Crippen LogP contribution in [0.15, 0.2) is 24.3 Å². The topological polar surface area (TPSA) is 32.3 Å². The highest BCUT2D eigenvalue weighted by atomic mass is 35.5. The van der Waals surface area contributed by atoms with Gasteiger partial charge in [0.05, 0.1) is 0 Å². The summed E-state index contributed by atoms with van der Waals surface area (Å²) in [4.78, 5) is 14.2. The molecular weight excluding hydrogens is 271 g/mol. The lowest BCUT2D eigenvalue weighted by Gasteiger charge is -2.17. The van der Waals surface area contributed by atoms with E-state index in [2.05, 4.69) is 5.32 Å². The van der Waals surface area contributed by atoms with Gasteiger partial charge in [-0.15, -0.1) is 12.4 Å². The zero-order chi connectivity index (χ0) is 11.8. The standard InChI is InChI=1S/C13H15ClN2O.ClH/c14-12-3-1-2-9(4-12)13(17)16-7-10-5-15-6-11(10)8-16;/h1-4,10-11,15H,5-8H2;1H/t10-,11+;. The van der Waals surface area contributed by atoms with Crippen LogP contribution in [0.25, 0.3) is 0 Å². The number of rotatable bonds is 1. The summed E-state index contributed by atoms with van der Waals surface area (Å²) in [6.07, 6.45) is 0. The predicted molar refractivity (Wildman–Crippen MR) is 74.5 cm³/mol. The average molecular weight is 287 g/mol. The van der Waals surface area contributed by atoms with Gasteiger partial charge in [0.1, 0.15) is 0 Å². The maximum absolute atomic E-state index is 12.3. The summed E-state index contributed by atoms with van der Waals surface area (Å²) in [5.74, 6) is 1.39. The van der Waals surface area contributed by atoms with E-state index >= 15 is 0 Å². The van der Waals surface area contributed by atoms with Gasteiger partial charge in [-0.1, -0.05) is 17.7 Å². The fourth-order valence-corrected chi connectivity index (χ4v) is 3.02. The molecule has 1 amide bonds. The minimum absolute atomic E-state index is 0. The van der Waals surface area contributed by atoms with Gasteiger partial charge in [0.15, 0.2) is 0 Å². The van der Waals surface area contributed by atoms with Crippen molar-refractivity contribution in [3.8, 4) is 0 Å². The number of hydrogen-bond donors (Lipinski definition) is 1. The van der Waals surface area contributed by atoms with Gasteiger partial charge in [-0.25, -0.2) is 0 Å². The van der Waals surface area contributed by atoms with Gasteiger partial charge in [-0.05, 0) is 30.0 Å². The van der Waals surface area contributed by atoms with Crippen molar-refractivity contribution in [2.75, 3.05) is 26.2 Å². The number of nitrogens with zero attached hydrogens (tertiary/aromatic N) is 1. The maximum Gasteiger partial charge on any atom is 0.253 e. The molecular formula is C13H16Cl2N2O. The van der Waals surface area contributed by atoms with Crippen molar-refractivity contribution in [2.45, 2.75) is 0 Å². The summed E-state index contributed by atoms with van der Waals surface area (Å²) in [5.41, 5.74) is 0.699. The summed E-state index contributed by atoms with van der Waals surface area (Å²) < 4.78 is 0. The molecule has 2 aliphatic rings. The fraction of sp³-hybridized carbons (Fsp3) is 0.462. The Hall–Kier alpha value is -0.770. The Morgan fingerprint density at radius 1 is 1.28 bits per heavy atom. The van der Waals surface area contributed by atoms with E-state index in [0.717, 1.165) is 26.2 Å². The van der Waals surface area contributed by atoms with Crippen molar-refractivity contribution in [1.82, 2.24) is 10.2 Å². The maximum atomic E-state index is 12.3. The molecule has 2 saturated heterocycles. The summed E-state index contributed by atoms with van der Waals surface area (Å²) in [7, 11) is 0. The van der Waals surface area contributed by atoms with Crippen LogP contribution in [-0.2, 0) is 0 Å². The number of carbonyl (C=O) groups excluding carboxylic acids is 1. The molecule has 0 saturated carbocycles. The lowest BCUT2D eigenvalue weighted by molar-refractivity contribution is 0.0781. The molecule has 2 fully saturated rings. The molecule has 2 atom stereocenters. The number of likely N-dealkylation sites (tertiary alicyclic amines) is 1. The molecule has 3 nitrogen and oxygen atoms in total. The second kappa shape index (κ2) is 5.47. The number of hydrogen-bond acceptors (Lipinski definition) is 2. The van der Waals surface area contributed by atoms with Crippen molar-refractivity contribution in [2.24, 2.45) is 11.8 Å². The third-order valence-electron chi connectivity index (χ3n) is 3.75. The smallest absolute Gasteiger partial charge is 0.253 e. The zero-order valence-electron chi connectivity index (χ0n) is 9.93. The molecule has 0 aliphatic carbocycles. The van der Waals surface area contributed by atoms with E-state index in [4.69, 9.17) is 11.6 Å². The zero-order valence-corrected chi connectivity index (χ0v) is 11.5. The van der Waals surface area contributed by atoms with Gasteiger partial charge in [0, 0.05) is 36.8 Å². The molecule has 0 bridgehead atoms. The van der Waals surface area contributed by atoms with Gasteiger partial charge in [0.2, 0.25) is 0 Å². The van der Waals surface area contributed by atoms with Crippen LogP contribution in [0.2, 0.25) is 5.02 Å². The first-order valence-corrected chi connectivity index (χ1v) is 6.37. The molecule has 0 radical (unpaired) electrons. The van der Waals surface area contributed by atoms with Crippen LogP contribution >= 0.6 is 24.0 Å². The summed E-state index contributed by atoms with van der Waals surface area (Å²) in [5, 5.41) is 4.00. The van der Waals surface area contributed by atoms with Crippen molar-refractivity contribution in [3.63, 3.8) is 0 Å². The Balaban J connectivity index is 0.00000120. The number of amides is 1. The predicted octanol–water partition coefficient (Wildman–Crippen LogP) is 2.05. The van der Waals surface area contributed by atoms with E-state index in [0.29, 0.717) is 22.4 Å². The monoisotopic (exact) mass is 286 g/mol. The van der Waals surface area contributed by atoms with Crippen LogP contribution in [0.4, 0.5) is 0 Å². The molecule has 0 unspecified atom stereocenters. The first-order chi connectivity index (χ1) is 8.24. The van der Waals surface area contributed by atoms with E-state index in [1.807, 2.05) is 17.0 Å². The highest BCUT2D eigenvalue weighted by molar-refractivity contribution is 6.30.